The van der Waals surface area contributed by atoms with Gasteiger partial charge in [0.1, 0.15) is 11.6 Å². The van der Waals surface area contributed by atoms with Gasteiger partial charge in [0.2, 0.25) is 0 Å². The minimum atomic E-state index is -0.201. The Kier molecular flexibility index (Phi) is 5.10. The number of aromatic nitrogens is 3. The highest BCUT2D eigenvalue weighted by atomic mass is 32.2. The van der Waals surface area contributed by atoms with Gasteiger partial charge >= 0.3 is 0 Å². The lowest BCUT2D eigenvalue weighted by Crippen LogP contribution is -2.17. The van der Waals surface area contributed by atoms with E-state index in [1.165, 1.54) is 6.07 Å². The topological polar surface area (TPSA) is 39.9 Å². The van der Waals surface area contributed by atoms with Crippen LogP contribution in [0.3, 0.4) is 0 Å². The highest BCUT2D eigenvalue weighted by Gasteiger charge is 2.20. The van der Waals surface area contributed by atoms with Gasteiger partial charge in [-0.3, -0.25) is 0 Å². The molecule has 118 valence electrons. The molecule has 1 unspecified atom stereocenters. The summed E-state index contributed by atoms with van der Waals surface area (Å²) in [4.78, 5) is 0. The van der Waals surface area contributed by atoms with Gasteiger partial charge in [-0.05, 0) is 30.5 Å². The predicted molar refractivity (Wildman–Crippen MR) is 84.3 cm³/mol. The molecule has 0 spiro atoms. The van der Waals surface area contributed by atoms with Crippen LogP contribution in [0, 0.1) is 5.82 Å². The third kappa shape index (κ3) is 3.67. The Morgan fingerprint density at radius 1 is 1.41 bits per heavy atom. The van der Waals surface area contributed by atoms with Crippen molar-refractivity contribution in [3.63, 3.8) is 0 Å². The van der Waals surface area contributed by atoms with Crippen molar-refractivity contribution >= 4 is 11.8 Å². The summed E-state index contributed by atoms with van der Waals surface area (Å²) in [6.07, 6.45) is 3.32. The van der Waals surface area contributed by atoms with Crippen LogP contribution in [0.15, 0.2) is 29.4 Å². The van der Waals surface area contributed by atoms with Crippen molar-refractivity contribution in [2.45, 2.75) is 49.7 Å². The number of ether oxygens (including phenoxy) is 1. The molecule has 1 aliphatic rings. The molecule has 1 atom stereocenters. The first-order valence-corrected chi connectivity index (χ1v) is 8.65. The van der Waals surface area contributed by atoms with Gasteiger partial charge in [-0.15, -0.1) is 10.2 Å². The first kappa shape index (κ1) is 15.5. The van der Waals surface area contributed by atoms with Crippen molar-refractivity contribution in [2.24, 2.45) is 0 Å². The summed E-state index contributed by atoms with van der Waals surface area (Å²) < 4.78 is 21.1. The normalized spacial score (nSPS) is 18.0. The van der Waals surface area contributed by atoms with Crippen molar-refractivity contribution in [1.82, 2.24) is 14.8 Å². The summed E-state index contributed by atoms with van der Waals surface area (Å²) in [5.41, 5.74) is 0.953. The Bertz CT molecular complexity index is 626. The van der Waals surface area contributed by atoms with E-state index in [2.05, 4.69) is 21.7 Å². The quantitative estimate of drug-likeness (QED) is 0.764. The zero-order valence-electron chi connectivity index (χ0n) is 12.7. The van der Waals surface area contributed by atoms with Crippen molar-refractivity contribution in [3.8, 4) is 0 Å². The maximum atomic E-state index is 13.2. The first-order chi connectivity index (χ1) is 10.8. The molecule has 0 saturated carbocycles. The number of rotatable bonds is 6. The molecule has 2 aromatic rings. The number of thioether (sulfide) groups is 1. The molecule has 1 aliphatic heterocycles. The minimum Gasteiger partial charge on any atom is -0.376 e. The molecule has 1 saturated heterocycles. The second-order valence-corrected chi connectivity index (χ2v) is 6.36. The first-order valence-electron chi connectivity index (χ1n) is 7.67. The van der Waals surface area contributed by atoms with E-state index in [1.54, 1.807) is 23.9 Å². The van der Waals surface area contributed by atoms with E-state index >= 15 is 0 Å². The standard InChI is InChI=1S/C16H20FN3OS/c1-2-15-18-19-16(20(15)10-14-7-4-8-21-14)22-11-12-5-3-6-13(17)9-12/h3,5-6,9,14H,2,4,7-8,10-11H2,1H3. The van der Waals surface area contributed by atoms with Crippen molar-refractivity contribution in [3.05, 3.63) is 41.5 Å². The summed E-state index contributed by atoms with van der Waals surface area (Å²) in [6, 6.07) is 6.69. The molecule has 0 N–H and O–H groups in total. The van der Waals surface area contributed by atoms with E-state index in [4.69, 9.17) is 4.74 Å². The van der Waals surface area contributed by atoms with Crippen molar-refractivity contribution < 1.29 is 9.13 Å². The highest BCUT2D eigenvalue weighted by molar-refractivity contribution is 7.98. The largest absolute Gasteiger partial charge is 0.376 e. The van der Waals surface area contributed by atoms with Gasteiger partial charge in [-0.1, -0.05) is 30.8 Å². The fourth-order valence-electron chi connectivity index (χ4n) is 2.64. The molecule has 2 heterocycles. The second-order valence-electron chi connectivity index (χ2n) is 5.42. The van der Waals surface area contributed by atoms with E-state index < -0.39 is 0 Å². The molecule has 22 heavy (non-hydrogen) atoms. The average Bonchev–Trinajstić information content (AvgIpc) is 3.16. The van der Waals surface area contributed by atoms with E-state index in [-0.39, 0.29) is 11.9 Å². The van der Waals surface area contributed by atoms with Crippen LogP contribution in [0.25, 0.3) is 0 Å². The Morgan fingerprint density at radius 3 is 3.05 bits per heavy atom. The van der Waals surface area contributed by atoms with Crippen LogP contribution in [-0.4, -0.2) is 27.5 Å². The van der Waals surface area contributed by atoms with Crippen LogP contribution in [0.4, 0.5) is 4.39 Å². The lowest BCUT2D eigenvalue weighted by molar-refractivity contribution is 0.0942. The smallest absolute Gasteiger partial charge is 0.191 e. The lowest BCUT2D eigenvalue weighted by atomic mass is 10.2. The Hall–Kier alpha value is -1.40. The van der Waals surface area contributed by atoms with Gasteiger partial charge in [0.25, 0.3) is 0 Å². The highest BCUT2D eigenvalue weighted by Crippen LogP contribution is 2.24. The Balaban J connectivity index is 1.71. The van der Waals surface area contributed by atoms with Gasteiger partial charge in [0.15, 0.2) is 5.16 Å². The molecule has 1 aromatic heterocycles. The van der Waals surface area contributed by atoms with Crippen molar-refractivity contribution in [1.29, 1.82) is 0 Å². The van der Waals surface area contributed by atoms with Crippen LogP contribution in [-0.2, 0) is 23.5 Å². The molecule has 0 radical (unpaired) electrons. The van der Waals surface area contributed by atoms with Crippen molar-refractivity contribution in [2.75, 3.05) is 6.61 Å². The van der Waals surface area contributed by atoms with E-state index in [1.807, 2.05) is 6.07 Å². The summed E-state index contributed by atoms with van der Waals surface area (Å²) in [5, 5.41) is 9.45. The summed E-state index contributed by atoms with van der Waals surface area (Å²) >= 11 is 1.60. The number of halogens is 1. The zero-order chi connectivity index (χ0) is 15.4. The molecule has 4 nitrogen and oxygen atoms in total. The molecular formula is C16H20FN3OS. The Labute approximate surface area is 134 Å². The summed E-state index contributed by atoms with van der Waals surface area (Å²) in [6.45, 7) is 3.73. The third-order valence-corrected chi connectivity index (χ3v) is 4.81. The average molecular weight is 321 g/mol. The number of aryl methyl sites for hydroxylation is 1. The van der Waals surface area contributed by atoms with Gasteiger partial charge in [0, 0.05) is 18.8 Å². The SMILES string of the molecule is CCc1nnc(SCc2cccc(F)c2)n1CC1CCCO1. The van der Waals surface area contributed by atoms with Crippen LogP contribution in [0.2, 0.25) is 0 Å². The minimum absolute atomic E-state index is 0.201. The third-order valence-electron chi connectivity index (χ3n) is 3.78. The van der Waals surface area contributed by atoms with Gasteiger partial charge in [-0.25, -0.2) is 4.39 Å². The lowest BCUT2D eigenvalue weighted by Gasteiger charge is -2.14. The summed E-state index contributed by atoms with van der Waals surface area (Å²) in [5.74, 6) is 1.47. The maximum Gasteiger partial charge on any atom is 0.191 e. The molecular weight excluding hydrogens is 301 g/mol. The molecule has 0 bridgehead atoms. The van der Waals surface area contributed by atoms with E-state index in [0.717, 1.165) is 49.0 Å². The van der Waals surface area contributed by atoms with E-state index in [0.29, 0.717) is 5.75 Å². The molecule has 1 aromatic carbocycles. The number of nitrogens with zero attached hydrogens (tertiary/aromatic N) is 3. The number of benzene rings is 1. The summed E-state index contributed by atoms with van der Waals surface area (Å²) in [7, 11) is 0. The van der Waals surface area contributed by atoms with Crippen LogP contribution in [0.5, 0.6) is 0 Å². The molecule has 3 rings (SSSR count). The number of hydrogen-bond donors (Lipinski definition) is 0. The zero-order valence-corrected chi connectivity index (χ0v) is 13.5. The fourth-order valence-corrected chi connectivity index (χ4v) is 3.55. The fraction of sp³-hybridized carbons (Fsp3) is 0.500. The molecule has 0 aliphatic carbocycles. The van der Waals surface area contributed by atoms with Crippen LogP contribution in [0.1, 0.15) is 31.2 Å². The van der Waals surface area contributed by atoms with Gasteiger partial charge < -0.3 is 9.30 Å². The van der Waals surface area contributed by atoms with Gasteiger partial charge in [0.05, 0.1) is 12.6 Å². The van der Waals surface area contributed by atoms with Crippen LogP contribution >= 0.6 is 11.8 Å². The monoisotopic (exact) mass is 321 g/mol. The second kappa shape index (κ2) is 7.24. The van der Waals surface area contributed by atoms with Gasteiger partial charge in [-0.2, -0.15) is 0 Å². The number of hydrogen-bond acceptors (Lipinski definition) is 4. The maximum absolute atomic E-state index is 13.2. The predicted octanol–water partition coefficient (Wildman–Crippen LogP) is 3.45. The molecule has 1 fully saturated rings. The van der Waals surface area contributed by atoms with Crippen LogP contribution < -0.4 is 0 Å². The van der Waals surface area contributed by atoms with E-state index in [9.17, 15) is 4.39 Å². The Morgan fingerprint density at radius 2 is 2.32 bits per heavy atom. The molecule has 0 amide bonds. The molecule has 6 heteroatoms.